The lowest BCUT2D eigenvalue weighted by Crippen LogP contribution is -2.36. The second-order valence-electron chi connectivity index (χ2n) is 3.42. The maximum absolute atomic E-state index is 8.60. The van der Waals surface area contributed by atoms with E-state index in [1.54, 1.807) is 0 Å². The third-order valence-electron chi connectivity index (χ3n) is 2.39. The maximum Gasteiger partial charge on any atom is 0.128 e. The number of nitrogens with zero attached hydrogens (tertiary/aromatic N) is 3. The van der Waals surface area contributed by atoms with Crippen LogP contribution in [0.3, 0.4) is 0 Å². The van der Waals surface area contributed by atoms with Gasteiger partial charge in [-0.2, -0.15) is 5.26 Å². The van der Waals surface area contributed by atoms with Crippen molar-refractivity contribution in [2.45, 2.75) is 6.42 Å². The van der Waals surface area contributed by atoms with Crippen LogP contribution in [0.4, 0.5) is 5.82 Å². The van der Waals surface area contributed by atoms with Gasteiger partial charge in [0.05, 0.1) is 31.4 Å². The second kappa shape index (κ2) is 4.76. The van der Waals surface area contributed by atoms with E-state index >= 15 is 0 Å². The predicted octanol–water partition coefficient (Wildman–Crippen LogP) is 0.984. The zero-order valence-electron chi connectivity index (χ0n) is 8.52. The fraction of sp³-hybridized carbons (Fsp3) is 0.455. The Kier molecular flexibility index (Phi) is 3.15. The van der Waals surface area contributed by atoms with E-state index in [1.165, 1.54) is 0 Å². The summed E-state index contributed by atoms with van der Waals surface area (Å²) in [6.45, 7) is 3.26. The summed E-state index contributed by atoms with van der Waals surface area (Å²) in [4.78, 5) is 6.62. The molecular weight excluding hydrogens is 190 g/mol. The molecule has 0 aromatic carbocycles. The third kappa shape index (κ3) is 2.45. The quantitative estimate of drug-likeness (QED) is 0.719. The minimum absolute atomic E-state index is 0.373. The van der Waals surface area contributed by atoms with Crippen molar-refractivity contribution in [3.8, 4) is 6.07 Å². The summed E-state index contributed by atoms with van der Waals surface area (Å²) in [5.41, 5.74) is 0.835. The van der Waals surface area contributed by atoms with Gasteiger partial charge in [0.25, 0.3) is 0 Å². The standard InChI is InChI=1S/C11H13N3O/c12-5-4-10-2-1-3-11(13-10)14-6-8-15-9-7-14/h1-3H,4,6-9H2. The van der Waals surface area contributed by atoms with Crippen molar-refractivity contribution >= 4 is 5.82 Å². The zero-order valence-corrected chi connectivity index (χ0v) is 8.52. The van der Waals surface area contributed by atoms with Crippen molar-refractivity contribution < 1.29 is 4.74 Å². The van der Waals surface area contributed by atoms with Crippen LogP contribution in [0, 0.1) is 11.3 Å². The number of nitriles is 1. The first-order valence-electron chi connectivity index (χ1n) is 5.06. The monoisotopic (exact) mass is 203 g/mol. The minimum atomic E-state index is 0.373. The van der Waals surface area contributed by atoms with Crippen molar-refractivity contribution in [1.82, 2.24) is 4.98 Å². The van der Waals surface area contributed by atoms with E-state index in [0.29, 0.717) is 6.42 Å². The van der Waals surface area contributed by atoms with Crippen LogP contribution in [0.25, 0.3) is 0 Å². The maximum atomic E-state index is 8.60. The van der Waals surface area contributed by atoms with Crippen LogP contribution in [-0.4, -0.2) is 31.3 Å². The van der Waals surface area contributed by atoms with E-state index in [2.05, 4.69) is 16.0 Å². The lowest BCUT2D eigenvalue weighted by molar-refractivity contribution is 0.122. The molecule has 4 heteroatoms. The average Bonchev–Trinajstić information content (AvgIpc) is 2.31. The molecule has 15 heavy (non-hydrogen) atoms. The van der Waals surface area contributed by atoms with Crippen molar-refractivity contribution in [2.75, 3.05) is 31.2 Å². The molecule has 0 amide bonds. The van der Waals surface area contributed by atoms with Gasteiger partial charge in [0.15, 0.2) is 0 Å². The number of aromatic nitrogens is 1. The highest BCUT2D eigenvalue weighted by Gasteiger charge is 2.12. The Hall–Kier alpha value is -1.60. The highest BCUT2D eigenvalue weighted by molar-refractivity contribution is 5.39. The van der Waals surface area contributed by atoms with E-state index in [1.807, 2.05) is 18.2 Å². The third-order valence-corrected chi connectivity index (χ3v) is 2.39. The molecule has 0 spiro atoms. The summed E-state index contributed by atoms with van der Waals surface area (Å²) >= 11 is 0. The number of hydrogen-bond acceptors (Lipinski definition) is 4. The Balaban J connectivity index is 2.13. The summed E-state index contributed by atoms with van der Waals surface area (Å²) < 4.78 is 5.28. The molecule has 0 radical (unpaired) electrons. The van der Waals surface area contributed by atoms with Gasteiger partial charge >= 0.3 is 0 Å². The molecule has 1 saturated heterocycles. The van der Waals surface area contributed by atoms with Crippen LogP contribution in [0.5, 0.6) is 0 Å². The highest BCUT2D eigenvalue weighted by atomic mass is 16.5. The summed E-state index contributed by atoms with van der Waals surface area (Å²) in [5, 5.41) is 8.60. The van der Waals surface area contributed by atoms with E-state index in [4.69, 9.17) is 10.00 Å². The largest absolute Gasteiger partial charge is 0.378 e. The van der Waals surface area contributed by atoms with Crippen LogP contribution >= 0.6 is 0 Å². The van der Waals surface area contributed by atoms with Crippen LogP contribution < -0.4 is 4.90 Å². The van der Waals surface area contributed by atoms with Gasteiger partial charge in [0, 0.05) is 13.1 Å². The molecule has 0 N–H and O–H groups in total. The van der Waals surface area contributed by atoms with E-state index in [9.17, 15) is 0 Å². The molecule has 2 heterocycles. The number of morpholine rings is 1. The van der Waals surface area contributed by atoms with Gasteiger partial charge in [-0.1, -0.05) is 6.07 Å². The minimum Gasteiger partial charge on any atom is -0.378 e. The van der Waals surface area contributed by atoms with Crippen molar-refractivity contribution in [2.24, 2.45) is 0 Å². The lowest BCUT2D eigenvalue weighted by Gasteiger charge is -2.27. The molecule has 0 unspecified atom stereocenters. The summed E-state index contributed by atoms with van der Waals surface area (Å²) in [7, 11) is 0. The Morgan fingerprint density at radius 2 is 2.20 bits per heavy atom. The van der Waals surface area contributed by atoms with Gasteiger partial charge in [0.2, 0.25) is 0 Å². The van der Waals surface area contributed by atoms with E-state index in [0.717, 1.165) is 37.8 Å². The first-order valence-corrected chi connectivity index (χ1v) is 5.06. The first kappa shape index (κ1) is 9.94. The molecule has 0 atom stereocenters. The molecule has 1 aliphatic heterocycles. The van der Waals surface area contributed by atoms with Crippen molar-refractivity contribution in [1.29, 1.82) is 5.26 Å². The smallest absolute Gasteiger partial charge is 0.128 e. The molecule has 1 aromatic rings. The zero-order chi connectivity index (χ0) is 10.5. The topological polar surface area (TPSA) is 49.2 Å². The summed E-state index contributed by atoms with van der Waals surface area (Å²) in [5.74, 6) is 0.950. The first-order chi connectivity index (χ1) is 7.40. The molecule has 0 bridgehead atoms. The van der Waals surface area contributed by atoms with Gasteiger partial charge < -0.3 is 9.64 Å². The normalized spacial score (nSPS) is 16.1. The number of anilines is 1. The number of hydrogen-bond donors (Lipinski definition) is 0. The molecule has 1 aromatic heterocycles. The van der Waals surface area contributed by atoms with E-state index in [-0.39, 0.29) is 0 Å². The Labute approximate surface area is 89.1 Å². The van der Waals surface area contributed by atoms with Crippen molar-refractivity contribution in [3.05, 3.63) is 23.9 Å². The Bertz CT molecular complexity index is 366. The molecule has 0 saturated carbocycles. The molecule has 78 valence electrons. The van der Waals surface area contributed by atoms with Gasteiger partial charge in [-0.05, 0) is 12.1 Å². The highest BCUT2D eigenvalue weighted by Crippen LogP contribution is 2.13. The average molecular weight is 203 g/mol. The molecular formula is C11H13N3O. The Morgan fingerprint density at radius 1 is 1.40 bits per heavy atom. The van der Waals surface area contributed by atoms with Crippen LogP contribution in [0.2, 0.25) is 0 Å². The van der Waals surface area contributed by atoms with Gasteiger partial charge in [-0.15, -0.1) is 0 Å². The van der Waals surface area contributed by atoms with Crippen LogP contribution in [0.15, 0.2) is 18.2 Å². The number of pyridine rings is 1. The fourth-order valence-corrected chi connectivity index (χ4v) is 1.61. The van der Waals surface area contributed by atoms with Crippen LogP contribution in [-0.2, 0) is 11.2 Å². The molecule has 0 aliphatic carbocycles. The predicted molar refractivity (Wildman–Crippen MR) is 56.6 cm³/mol. The lowest BCUT2D eigenvalue weighted by atomic mass is 10.3. The molecule has 4 nitrogen and oxygen atoms in total. The second-order valence-corrected chi connectivity index (χ2v) is 3.42. The fourth-order valence-electron chi connectivity index (χ4n) is 1.61. The SMILES string of the molecule is N#CCc1cccc(N2CCOCC2)n1. The van der Waals surface area contributed by atoms with Crippen LogP contribution in [0.1, 0.15) is 5.69 Å². The van der Waals surface area contributed by atoms with Gasteiger partial charge in [0.1, 0.15) is 5.82 Å². The summed E-state index contributed by atoms with van der Waals surface area (Å²) in [6, 6.07) is 7.92. The van der Waals surface area contributed by atoms with Crippen molar-refractivity contribution in [3.63, 3.8) is 0 Å². The molecule has 1 fully saturated rings. The molecule has 2 rings (SSSR count). The Morgan fingerprint density at radius 3 is 2.93 bits per heavy atom. The van der Waals surface area contributed by atoms with Gasteiger partial charge in [-0.3, -0.25) is 0 Å². The number of rotatable bonds is 2. The van der Waals surface area contributed by atoms with E-state index < -0.39 is 0 Å². The molecule has 1 aliphatic rings. The summed E-state index contributed by atoms with van der Waals surface area (Å²) in [6.07, 6.45) is 0.373. The van der Waals surface area contributed by atoms with Gasteiger partial charge in [-0.25, -0.2) is 4.98 Å². The number of ether oxygens (including phenoxy) is 1.